The zero-order valence-corrected chi connectivity index (χ0v) is 15.8. The predicted molar refractivity (Wildman–Crippen MR) is 95.5 cm³/mol. The average molecular weight is 421 g/mol. The predicted octanol–water partition coefficient (Wildman–Crippen LogP) is -0.227. The molecule has 9 heteroatoms. The first kappa shape index (κ1) is 18.7. The van der Waals surface area contributed by atoms with Crippen LogP contribution in [0.4, 0.5) is 0 Å². The van der Waals surface area contributed by atoms with Gasteiger partial charge in [0.25, 0.3) is 0 Å². The van der Waals surface area contributed by atoms with Crippen LogP contribution in [0, 0.1) is 6.92 Å². The van der Waals surface area contributed by atoms with Crippen molar-refractivity contribution in [2.24, 2.45) is 4.99 Å². The van der Waals surface area contributed by atoms with E-state index in [0.717, 1.165) is 31.0 Å². The maximum absolute atomic E-state index is 11.6. The van der Waals surface area contributed by atoms with Crippen LogP contribution in [-0.4, -0.2) is 65.3 Å². The fraction of sp³-hybridized carbons (Fsp3) is 0.692. The first-order valence-electron chi connectivity index (χ1n) is 7.07. The molecular formula is C13H24IN7O. The Morgan fingerprint density at radius 1 is 1.50 bits per heavy atom. The van der Waals surface area contributed by atoms with Crippen LogP contribution in [0.2, 0.25) is 0 Å². The summed E-state index contributed by atoms with van der Waals surface area (Å²) >= 11 is 0. The quantitative estimate of drug-likeness (QED) is 0.400. The molecule has 1 unspecified atom stereocenters. The fourth-order valence-corrected chi connectivity index (χ4v) is 2.26. The van der Waals surface area contributed by atoms with Crippen LogP contribution in [-0.2, 0) is 17.8 Å². The van der Waals surface area contributed by atoms with E-state index in [2.05, 4.69) is 25.7 Å². The number of fused-ring (bicyclic) bond motifs is 1. The largest absolute Gasteiger partial charge is 0.352 e. The van der Waals surface area contributed by atoms with Crippen molar-refractivity contribution in [3.05, 3.63) is 11.6 Å². The number of hydrogen-bond donors (Lipinski definition) is 2. The van der Waals surface area contributed by atoms with E-state index in [0.29, 0.717) is 5.96 Å². The zero-order valence-electron chi connectivity index (χ0n) is 13.5. The lowest BCUT2D eigenvalue weighted by Crippen LogP contribution is -2.49. The van der Waals surface area contributed by atoms with Gasteiger partial charge in [0, 0.05) is 33.6 Å². The number of rotatable bonds is 3. The first-order valence-corrected chi connectivity index (χ1v) is 7.07. The van der Waals surface area contributed by atoms with Gasteiger partial charge < -0.3 is 15.5 Å². The van der Waals surface area contributed by atoms with E-state index in [4.69, 9.17) is 0 Å². The molecule has 0 saturated carbocycles. The van der Waals surface area contributed by atoms with Gasteiger partial charge in [0.1, 0.15) is 11.6 Å². The SMILES string of the molecule is CN=C(NCC(=O)N(C)C)NC1CCc2nc(C)nn2C1.I. The van der Waals surface area contributed by atoms with Gasteiger partial charge in [-0.1, -0.05) is 0 Å². The molecule has 1 atom stereocenters. The molecule has 1 aromatic rings. The van der Waals surface area contributed by atoms with Crippen LogP contribution >= 0.6 is 24.0 Å². The maximum atomic E-state index is 11.6. The molecule has 124 valence electrons. The number of aliphatic imine (C=N–C) groups is 1. The third-order valence-electron chi connectivity index (χ3n) is 3.43. The number of carbonyl (C=O) groups is 1. The summed E-state index contributed by atoms with van der Waals surface area (Å²) in [6.07, 6.45) is 1.87. The van der Waals surface area contributed by atoms with Crippen LogP contribution in [0.1, 0.15) is 18.1 Å². The number of halogens is 1. The number of aromatic nitrogens is 3. The number of carbonyl (C=O) groups excluding carboxylic acids is 1. The number of nitrogens with one attached hydrogen (secondary N) is 2. The second kappa shape index (κ2) is 8.30. The molecule has 0 bridgehead atoms. The van der Waals surface area contributed by atoms with Gasteiger partial charge in [-0.25, -0.2) is 9.67 Å². The minimum atomic E-state index is 0. The van der Waals surface area contributed by atoms with E-state index >= 15 is 0 Å². The molecule has 1 aliphatic rings. The molecule has 2 rings (SSSR count). The first-order chi connectivity index (χ1) is 9.99. The lowest BCUT2D eigenvalue weighted by Gasteiger charge is -2.25. The molecule has 2 N–H and O–H groups in total. The Hall–Kier alpha value is -1.39. The number of amides is 1. The van der Waals surface area contributed by atoms with Crippen LogP contribution in [0.25, 0.3) is 0 Å². The molecule has 8 nitrogen and oxygen atoms in total. The summed E-state index contributed by atoms with van der Waals surface area (Å²) in [4.78, 5) is 21.7. The van der Waals surface area contributed by atoms with Crippen molar-refractivity contribution in [1.29, 1.82) is 0 Å². The fourth-order valence-electron chi connectivity index (χ4n) is 2.26. The normalized spacial score (nSPS) is 17.3. The summed E-state index contributed by atoms with van der Waals surface area (Å²) in [6.45, 7) is 2.90. The highest BCUT2D eigenvalue weighted by molar-refractivity contribution is 14.0. The Morgan fingerprint density at radius 2 is 2.23 bits per heavy atom. The topological polar surface area (TPSA) is 87.4 Å². The van der Waals surface area contributed by atoms with E-state index in [9.17, 15) is 4.79 Å². The molecule has 0 fully saturated rings. The number of guanidine groups is 1. The van der Waals surface area contributed by atoms with Crippen LogP contribution in [0.15, 0.2) is 4.99 Å². The maximum Gasteiger partial charge on any atom is 0.241 e. The Bertz CT molecular complexity index is 540. The van der Waals surface area contributed by atoms with Gasteiger partial charge in [-0.2, -0.15) is 5.10 Å². The van der Waals surface area contributed by atoms with Crippen molar-refractivity contribution < 1.29 is 4.79 Å². The molecule has 0 spiro atoms. The minimum absolute atomic E-state index is 0. The standard InChI is InChI=1S/C13H23N7O.HI/c1-9-16-11-6-5-10(8-20(11)18-9)17-13(14-2)15-7-12(21)19(3)4;/h10H,5-8H2,1-4H3,(H2,14,15,17);1H. The molecule has 0 aromatic carbocycles. The van der Waals surface area contributed by atoms with E-state index in [1.54, 1.807) is 26.0 Å². The lowest BCUT2D eigenvalue weighted by atomic mass is 10.1. The summed E-state index contributed by atoms with van der Waals surface area (Å²) in [5.74, 6) is 2.49. The summed E-state index contributed by atoms with van der Waals surface area (Å²) < 4.78 is 1.94. The van der Waals surface area contributed by atoms with Gasteiger partial charge in [0.05, 0.1) is 13.1 Å². The molecule has 0 radical (unpaired) electrons. The molecule has 22 heavy (non-hydrogen) atoms. The summed E-state index contributed by atoms with van der Waals surface area (Å²) in [6, 6.07) is 0.235. The summed E-state index contributed by atoms with van der Waals surface area (Å²) in [7, 11) is 5.16. The van der Waals surface area contributed by atoms with E-state index in [-0.39, 0.29) is 42.5 Å². The van der Waals surface area contributed by atoms with Gasteiger partial charge in [-0.3, -0.25) is 9.79 Å². The zero-order chi connectivity index (χ0) is 15.4. The van der Waals surface area contributed by atoms with E-state index in [1.165, 1.54) is 0 Å². The van der Waals surface area contributed by atoms with Gasteiger partial charge in [0.2, 0.25) is 5.91 Å². The second-order valence-corrected chi connectivity index (χ2v) is 5.35. The Balaban J connectivity index is 0.00000242. The van der Waals surface area contributed by atoms with Crippen molar-refractivity contribution in [3.63, 3.8) is 0 Å². The lowest BCUT2D eigenvalue weighted by molar-refractivity contribution is -0.127. The number of hydrogen-bond acceptors (Lipinski definition) is 4. The Morgan fingerprint density at radius 3 is 2.86 bits per heavy atom. The Kier molecular flexibility index (Phi) is 7.04. The van der Waals surface area contributed by atoms with Gasteiger partial charge in [-0.05, 0) is 13.3 Å². The number of aryl methyl sites for hydroxylation is 2. The monoisotopic (exact) mass is 421 g/mol. The van der Waals surface area contributed by atoms with Gasteiger partial charge in [0.15, 0.2) is 5.96 Å². The smallest absolute Gasteiger partial charge is 0.241 e. The third-order valence-corrected chi connectivity index (χ3v) is 3.43. The van der Waals surface area contributed by atoms with Crippen LogP contribution in [0.3, 0.4) is 0 Å². The van der Waals surface area contributed by atoms with Gasteiger partial charge >= 0.3 is 0 Å². The molecule has 2 heterocycles. The Labute approximate surface area is 147 Å². The van der Waals surface area contributed by atoms with Crippen molar-refractivity contribution in [1.82, 2.24) is 30.3 Å². The molecular weight excluding hydrogens is 397 g/mol. The summed E-state index contributed by atoms with van der Waals surface area (Å²) in [5, 5.41) is 10.7. The molecule has 1 aliphatic heterocycles. The van der Waals surface area contributed by atoms with E-state index in [1.807, 2.05) is 11.6 Å². The molecule has 1 aromatic heterocycles. The average Bonchev–Trinajstić information content (AvgIpc) is 2.82. The second-order valence-electron chi connectivity index (χ2n) is 5.35. The van der Waals surface area contributed by atoms with E-state index < -0.39 is 0 Å². The highest BCUT2D eigenvalue weighted by atomic mass is 127. The molecule has 1 amide bonds. The minimum Gasteiger partial charge on any atom is -0.352 e. The number of likely N-dealkylation sites (N-methyl/N-ethyl adjacent to an activating group) is 1. The molecule has 0 saturated heterocycles. The van der Waals surface area contributed by atoms with Crippen molar-refractivity contribution in [2.45, 2.75) is 32.4 Å². The summed E-state index contributed by atoms with van der Waals surface area (Å²) in [5.41, 5.74) is 0. The highest BCUT2D eigenvalue weighted by Crippen LogP contribution is 2.12. The third kappa shape index (κ3) is 4.82. The van der Waals surface area contributed by atoms with Crippen molar-refractivity contribution >= 4 is 35.8 Å². The van der Waals surface area contributed by atoms with Crippen molar-refractivity contribution in [3.8, 4) is 0 Å². The number of nitrogens with zero attached hydrogens (tertiary/aromatic N) is 5. The van der Waals surface area contributed by atoms with Gasteiger partial charge in [-0.15, -0.1) is 24.0 Å². The highest BCUT2D eigenvalue weighted by Gasteiger charge is 2.21. The van der Waals surface area contributed by atoms with Crippen LogP contribution in [0.5, 0.6) is 0 Å². The van der Waals surface area contributed by atoms with Crippen LogP contribution < -0.4 is 10.6 Å². The van der Waals surface area contributed by atoms with Crippen molar-refractivity contribution in [2.75, 3.05) is 27.7 Å². The molecule has 0 aliphatic carbocycles.